The highest BCUT2D eigenvalue weighted by molar-refractivity contribution is 7.89. The van der Waals surface area contributed by atoms with Gasteiger partial charge in [-0.1, -0.05) is 36.4 Å². The molecule has 4 rings (SSSR count). The third-order valence-electron chi connectivity index (χ3n) is 4.92. The predicted octanol–water partition coefficient (Wildman–Crippen LogP) is 3.25. The molecule has 0 spiro atoms. The second kappa shape index (κ2) is 8.08. The molecule has 0 radical (unpaired) electrons. The Balaban J connectivity index is 1.59. The minimum atomic E-state index is -3.62. The fourth-order valence-electron chi connectivity index (χ4n) is 3.51. The van der Waals surface area contributed by atoms with E-state index in [1.807, 2.05) is 35.7 Å². The zero-order valence-electron chi connectivity index (χ0n) is 14.9. The van der Waals surface area contributed by atoms with E-state index in [2.05, 4.69) is 21.1 Å². The largest absolute Gasteiger partial charge is 0.379 e. The minimum absolute atomic E-state index is 0.00454. The van der Waals surface area contributed by atoms with Crippen molar-refractivity contribution >= 4 is 32.1 Å². The zero-order valence-corrected chi connectivity index (χ0v) is 16.5. The summed E-state index contributed by atoms with van der Waals surface area (Å²) in [5.41, 5.74) is 1.14. The lowest BCUT2D eigenvalue weighted by Crippen LogP contribution is -2.43. The van der Waals surface area contributed by atoms with Gasteiger partial charge in [-0.25, -0.2) is 13.1 Å². The Bertz CT molecular complexity index is 992. The molecule has 1 aliphatic rings. The molecule has 7 heteroatoms. The van der Waals surface area contributed by atoms with Gasteiger partial charge in [-0.05, 0) is 33.8 Å². The number of nitrogens with one attached hydrogen (secondary N) is 1. The average Bonchev–Trinajstić information content (AvgIpc) is 3.23. The van der Waals surface area contributed by atoms with Gasteiger partial charge in [0.1, 0.15) is 0 Å². The quantitative estimate of drug-likeness (QED) is 0.688. The molecule has 1 N–H and O–H groups in total. The van der Waals surface area contributed by atoms with E-state index in [1.54, 1.807) is 23.5 Å². The van der Waals surface area contributed by atoms with Crippen LogP contribution in [0.25, 0.3) is 10.8 Å². The Labute approximate surface area is 163 Å². The van der Waals surface area contributed by atoms with Crippen molar-refractivity contribution in [2.24, 2.45) is 0 Å². The predicted molar refractivity (Wildman–Crippen MR) is 109 cm³/mol. The van der Waals surface area contributed by atoms with Gasteiger partial charge in [0, 0.05) is 31.1 Å². The lowest BCUT2D eigenvalue weighted by atomic mass is 10.1. The van der Waals surface area contributed by atoms with E-state index in [4.69, 9.17) is 4.74 Å². The van der Waals surface area contributed by atoms with Gasteiger partial charge in [-0.2, -0.15) is 11.3 Å². The molecule has 0 aliphatic carbocycles. The fraction of sp³-hybridized carbons (Fsp3) is 0.300. The molecule has 3 aromatic rings. The Morgan fingerprint density at radius 1 is 1.07 bits per heavy atom. The summed E-state index contributed by atoms with van der Waals surface area (Å²) in [4.78, 5) is 2.61. The van der Waals surface area contributed by atoms with Crippen LogP contribution in [0.4, 0.5) is 0 Å². The summed E-state index contributed by atoms with van der Waals surface area (Å²) < 4.78 is 34.4. The monoisotopic (exact) mass is 402 g/mol. The van der Waals surface area contributed by atoms with Crippen LogP contribution < -0.4 is 4.72 Å². The fourth-order valence-corrected chi connectivity index (χ4v) is 5.48. The normalized spacial score (nSPS) is 17.2. The molecule has 1 aromatic heterocycles. The van der Waals surface area contributed by atoms with E-state index in [9.17, 15) is 8.42 Å². The number of sulfonamides is 1. The average molecular weight is 403 g/mol. The number of nitrogens with zero attached hydrogens (tertiary/aromatic N) is 1. The molecule has 0 unspecified atom stereocenters. The highest BCUT2D eigenvalue weighted by atomic mass is 32.2. The Hall–Kier alpha value is -1.77. The molecular formula is C20H22N2O3S2. The number of rotatable bonds is 6. The first kappa shape index (κ1) is 18.6. The lowest BCUT2D eigenvalue weighted by Gasteiger charge is -2.34. The molecule has 27 heavy (non-hydrogen) atoms. The number of ether oxygens (including phenoxy) is 1. The Kier molecular flexibility index (Phi) is 5.56. The number of thiophene rings is 1. The van der Waals surface area contributed by atoms with Gasteiger partial charge in [-0.15, -0.1) is 0 Å². The molecule has 5 nitrogen and oxygen atoms in total. The first-order chi connectivity index (χ1) is 13.1. The molecule has 0 amide bonds. The first-order valence-corrected chi connectivity index (χ1v) is 11.4. The maximum absolute atomic E-state index is 13.1. The van der Waals surface area contributed by atoms with Crippen LogP contribution in [0.5, 0.6) is 0 Å². The van der Waals surface area contributed by atoms with Gasteiger partial charge < -0.3 is 4.74 Å². The highest BCUT2D eigenvalue weighted by Gasteiger charge is 2.26. The van der Waals surface area contributed by atoms with Crippen LogP contribution in [0.15, 0.2) is 64.2 Å². The van der Waals surface area contributed by atoms with Crippen molar-refractivity contribution in [3.63, 3.8) is 0 Å². The van der Waals surface area contributed by atoms with Crippen LogP contribution in [0.2, 0.25) is 0 Å². The van der Waals surface area contributed by atoms with Gasteiger partial charge >= 0.3 is 0 Å². The molecule has 0 bridgehead atoms. The molecule has 1 atom stereocenters. The van der Waals surface area contributed by atoms with Crippen LogP contribution in [0.3, 0.4) is 0 Å². The second-order valence-corrected chi connectivity index (χ2v) is 9.07. The zero-order chi connectivity index (χ0) is 18.7. The van der Waals surface area contributed by atoms with Crippen LogP contribution in [0, 0.1) is 0 Å². The summed E-state index contributed by atoms with van der Waals surface area (Å²) in [5, 5.41) is 5.78. The summed E-state index contributed by atoms with van der Waals surface area (Å²) in [6.45, 7) is 3.29. The van der Waals surface area contributed by atoms with Crippen molar-refractivity contribution in [2.45, 2.75) is 10.9 Å². The minimum Gasteiger partial charge on any atom is -0.379 e. The number of fused-ring (bicyclic) bond motifs is 1. The SMILES string of the molecule is O=S(=O)(NC[C@H](c1ccsc1)N1CCOCC1)c1cccc2ccccc12. The van der Waals surface area contributed by atoms with Gasteiger partial charge in [-0.3, -0.25) is 4.90 Å². The molecule has 0 saturated carbocycles. The van der Waals surface area contributed by atoms with Crippen molar-refractivity contribution in [3.05, 3.63) is 64.9 Å². The van der Waals surface area contributed by atoms with Crippen molar-refractivity contribution in [3.8, 4) is 0 Å². The maximum atomic E-state index is 13.1. The van der Waals surface area contributed by atoms with E-state index in [-0.39, 0.29) is 6.04 Å². The lowest BCUT2D eigenvalue weighted by molar-refractivity contribution is 0.0173. The summed E-state index contributed by atoms with van der Waals surface area (Å²) in [6.07, 6.45) is 0. The van der Waals surface area contributed by atoms with Crippen molar-refractivity contribution in [2.75, 3.05) is 32.8 Å². The van der Waals surface area contributed by atoms with E-state index < -0.39 is 10.0 Å². The summed E-state index contributed by atoms with van der Waals surface area (Å²) >= 11 is 1.63. The molecule has 2 heterocycles. The smallest absolute Gasteiger partial charge is 0.241 e. The van der Waals surface area contributed by atoms with Crippen molar-refractivity contribution in [1.82, 2.24) is 9.62 Å². The second-order valence-electron chi connectivity index (χ2n) is 6.55. The third kappa shape index (κ3) is 4.07. The van der Waals surface area contributed by atoms with Gasteiger partial charge in [0.2, 0.25) is 10.0 Å². The molecule has 1 aliphatic heterocycles. The molecule has 1 fully saturated rings. The summed E-state index contributed by atoms with van der Waals surface area (Å²) in [5.74, 6) is 0. The van der Waals surface area contributed by atoms with E-state index in [0.29, 0.717) is 24.7 Å². The van der Waals surface area contributed by atoms with Gasteiger partial charge in [0.15, 0.2) is 0 Å². The maximum Gasteiger partial charge on any atom is 0.241 e. The number of hydrogen-bond acceptors (Lipinski definition) is 5. The van der Waals surface area contributed by atoms with Crippen molar-refractivity contribution in [1.29, 1.82) is 0 Å². The van der Waals surface area contributed by atoms with Crippen LogP contribution >= 0.6 is 11.3 Å². The molecule has 142 valence electrons. The highest BCUT2D eigenvalue weighted by Crippen LogP contribution is 2.26. The van der Waals surface area contributed by atoms with Crippen molar-refractivity contribution < 1.29 is 13.2 Å². The van der Waals surface area contributed by atoms with Crippen LogP contribution in [-0.2, 0) is 14.8 Å². The Morgan fingerprint density at radius 2 is 1.85 bits per heavy atom. The third-order valence-corrected chi connectivity index (χ3v) is 7.10. The van der Waals surface area contributed by atoms with Crippen LogP contribution in [-0.4, -0.2) is 46.2 Å². The molecular weight excluding hydrogens is 380 g/mol. The number of hydrogen-bond donors (Lipinski definition) is 1. The van der Waals surface area contributed by atoms with Crippen LogP contribution in [0.1, 0.15) is 11.6 Å². The van der Waals surface area contributed by atoms with Gasteiger partial charge in [0.25, 0.3) is 0 Å². The topological polar surface area (TPSA) is 58.6 Å². The molecule has 1 saturated heterocycles. The summed E-state index contributed by atoms with van der Waals surface area (Å²) in [6, 6.07) is 15.0. The standard InChI is InChI=1S/C20H22N2O3S2/c23-27(24,20-7-3-5-16-4-1-2-6-18(16)20)21-14-19(17-8-13-26-15-17)22-9-11-25-12-10-22/h1-8,13,15,19,21H,9-12,14H2/t19-/m1/s1. The summed E-state index contributed by atoms with van der Waals surface area (Å²) in [7, 11) is -3.62. The van der Waals surface area contributed by atoms with Gasteiger partial charge in [0.05, 0.1) is 18.1 Å². The number of morpholine rings is 1. The Morgan fingerprint density at radius 3 is 2.63 bits per heavy atom. The first-order valence-electron chi connectivity index (χ1n) is 8.96. The van der Waals surface area contributed by atoms with E-state index in [0.717, 1.165) is 29.4 Å². The molecule has 2 aromatic carbocycles. The number of benzene rings is 2. The van der Waals surface area contributed by atoms with E-state index in [1.165, 1.54) is 0 Å². The van der Waals surface area contributed by atoms with E-state index >= 15 is 0 Å².